The fourth-order valence-corrected chi connectivity index (χ4v) is 4.50. The maximum atomic E-state index is 12.2. The highest BCUT2D eigenvalue weighted by atomic mass is 32.1. The van der Waals surface area contributed by atoms with Gasteiger partial charge in [-0.05, 0) is 50.6 Å². The first kappa shape index (κ1) is 15.8. The molecule has 0 bridgehead atoms. The molecule has 1 aromatic heterocycles. The highest BCUT2D eigenvalue weighted by Crippen LogP contribution is 2.47. The molecule has 1 atom stereocenters. The molecule has 1 unspecified atom stereocenters. The molecule has 0 N–H and O–H groups in total. The van der Waals surface area contributed by atoms with Crippen molar-refractivity contribution in [2.75, 3.05) is 19.7 Å². The fourth-order valence-electron chi connectivity index (χ4n) is 3.27. The molecule has 22 heavy (non-hydrogen) atoms. The molecular formula is C17H25NO3S. The van der Waals surface area contributed by atoms with E-state index in [1.807, 2.05) is 25.7 Å². The van der Waals surface area contributed by atoms with Gasteiger partial charge in [0.2, 0.25) is 0 Å². The van der Waals surface area contributed by atoms with Gasteiger partial charge in [-0.3, -0.25) is 0 Å². The quantitative estimate of drug-likeness (QED) is 0.721. The summed E-state index contributed by atoms with van der Waals surface area (Å²) in [4.78, 5) is 15.4. The van der Waals surface area contributed by atoms with Crippen LogP contribution >= 0.6 is 11.3 Å². The Morgan fingerprint density at radius 1 is 1.41 bits per heavy atom. The molecule has 3 heterocycles. The average Bonchev–Trinajstić information content (AvgIpc) is 2.93. The van der Waals surface area contributed by atoms with Crippen molar-refractivity contribution in [3.63, 3.8) is 0 Å². The highest BCUT2D eigenvalue weighted by Gasteiger charge is 2.44. The maximum Gasteiger partial charge on any atom is 0.410 e. The second-order valence-electron chi connectivity index (χ2n) is 7.38. The lowest BCUT2D eigenvalue weighted by Gasteiger charge is -2.45. The van der Waals surface area contributed by atoms with Crippen LogP contribution in [0.5, 0.6) is 0 Å². The van der Waals surface area contributed by atoms with Crippen LogP contribution in [0.1, 0.15) is 56.9 Å². The average molecular weight is 323 g/mol. The summed E-state index contributed by atoms with van der Waals surface area (Å²) in [6, 6.07) is 2.23. The van der Waals surface area contributed by atoms with E-state index in [1.165, 1.54) is 10.4 Å². The maximum absolute atomic E-state index is 12.2. The van der Waals surface area contributed by atoms with Crippen molar-refractivity contribution < 1.29 is 14.3 Å². The van der Waals surface area contributed by atoms with E-state index < -0.39 is 5.60 Å². The molecule has 1 spiro atoms. The van der Waals surface area contributed by atoms with Crippen molar-refractivity contribution in [3.8, 4) is 0 Å². The van der Waals surface area contributed by atoms with E-state index in [1.54, 1.807) is 11.3 Å². The van der Waals surface area contributed by atoms with Crippen LogP contribution in [0.3, 0.4) is 0 Å². The summed E-state index contributed by atoms with van der Waals surface area (Å²) in [6.07, 6.45) is 1.50. The smallest absolute Gasteiger partial charge is 0.410 e. The third-order valence-corrected chi connectivity index (χ3v) is 5.59. The van der Waals surface area contributed by atoms with E-state index in [0.717, 1.165) is 19.4 Å². The van der Waals surface area contributed by atoms with Crippen molar-refractivity contribution in [1.29, 1.82) is 0 Å². The second kappa shape index (κ2) is 5.53. The number of carbonyl (C=O) groups is 1. The molecule has 5 heteroatoms. The number of ether oxygens (including phenoxy) is 2. The second-order valence-corrected chi connectivity index (χ2v) is 8.29. The van der Waals surface area contributed by atoms with Crippen LogP contribution in [0.4, 0.5) is 4.79 Å². The predicted molar refractivity (Wildman–Crippen MR) is 87.4 cm³/mol. The molecule has 2 aliphatic heterocycles. The predicted octanol–water partition coefficient (Wildman–Crippen LogP) is 4.11. The molecule has 0 radical (unpaired) electrons. The van der Waals surface area contributed by atoms with Crippen molar-refractivity contribution >= 4 is 17.4 Å². The van der Waals surface area contributed by atoms with Gasteiger partial charge in [0.15, 0.2) is 0 Å². The molecule has 0 aromatic carbocycles. The van der Waals surface area contributed by atoms with Crippen molar-refractivity contribution in [3.05, 3.63) is 21.9 Å². The molecule has 1 fully saturated rings. The minimum atomic E-state index is -0.441. The van der Waals surface area contributed by atoms with Crippen LogP contribution < -0.4 is 0 Å². The Labute approximate surface area is 136 Å². The van der Waals surface area contributed by atoms with E-state index in [0.29, 0.717) is 19.0 Å². The first-order valence-corrected chi connectivity index (χ1v) is 8.88. The molecule has 122 valence electrons. The zero-order chi connectivity index (χ0) is 16.0. The van der Waals surface area contributed by atoms with E-state index >= 15 is 0 Å². The number of amides is 1. The Balaban J connectivity index is 1.70. The van der Waals surface area contributed by atoms with Gasteiger partial charge in [0.1, 0.15) is 11.2 Å². The van der Waals surface area contributed by atoms with Crippen LogP contribution in [0, 0.1) is 0 Å². The van der Waals surface area contributed by atoms with Crippen molar-refractivity contribution in [2.45, 2.75) is 57.7 Å². The van der Waals surface area contributed by atoms with Gasteiger partial charge < -0.3 is 14.4 Å². The Hall–Kier alpha value is -1.07. The number of thiophene rings is 1. The number of carbonyl (C=O) groups excluding carboxylic acids is 1. The lowest BCUT2D eigenvalue weighted by Crippen LogP contribution is -2.49. The van der Waals surface area contributed by atoms with Crippen molar-refractivity contribution in [1.82, 2.24) is 4.90 Å². The third-order valence-electron chi connectivity index (χ3n) is 4.47. The minimum absolute atomic E-state index is 0.186. The molecule has 2 aliphatic rings. The Morgan fingerprint density at radius 2 is 2.09 bits per heavy atom. The summed E-state index contributed by atoms with van der Waals surface area (Å²) >= 11 is 1.79. The van der Waals surface area contributed by atoms with Gasteiger partial charge in [0, 0.05) is 23.9 Å². The highest BCUT2D eigenvalue weighted by molar-refractivity contribution is 7.10. The molecular weight excluding hydrogens is 298 g/mol. The number of piperidine rings is 1. The number of hydrogen-bond donors (Lipinski definition) is 0. The zero-order valence-corrected chi connectivity index (χ0v) is 14.7. The van der Waals surface area contributed by atoms with Gasteiger partial charge >= 0.3 is 6.09 Å². The Bertz CT molecular complexity index is 552. The lowest BCUT2D eigenvalue weighted by molar-refractivity contribution is -0.101. The molecule has 1 saturated heterocycles. The molecule has 4 nitrogen and oxygen atoms in total. The monoisotopic (exact) mass is 323 g/mol. The normalized spacial score (nSPS) is 24.2. The van der Waals surface area contributed by atoms with Crippen LogP contribution in [-0.4, -0.2) is 36.3 Å². The third kappa shape index (κ3) is 2.88. The zero-order valence-electron chi connectivity index (χ0n) is 13.8. The van der Waals surface area contributed by atoms with Gasteiger partial charge in [-0.2, -0.15) is 0 Å². The standard InChI is InChI=1S/C17H25NO3S/c1-12-11-20-17(14-13(12)5-10-22-14)6-8-18(9-7-17)15(19)21-16(2,3)4/h5,10,12H,6-9,11H2,1-4H3. The molecule has 0 saturated carbocycles. The lowest BCUT2D eigenvalue weighted by atomic mass is 9.83. The number of hydrogen-bond acceptors (Lipinski definition) is 4. The van der Waals surface area contributed by atoms with E-state index in [-0.39, 0.29) is 11.7 Å². The van der Waals surface area contributed by atoms with Gasteiger partial charge in [0.25, 0.3) is 0 Å². The first-order valence-electron chi connectivity index (χ1n) is 8.00. The summed E-state index contributed by atoms with van der Waals surface area (Å²) in [5.41, 5.74) is 0.806. The van der Waals surface area contributed by atoms with Crippen LogP contribution in [0.2, 0.25) is 0 Å². The Morgan fingerprint density at radius 3 is 2.73 bits per heavy atom. The number of likely N-dealkylation sites (tertiary alicyclic amines) is 1. The molecule has 3 rings (SSSR count). The molecule has 1 aromatic rings. The van der Waals surface area contributed by atoms with Gasteiger partial charge in [0.05, 0.1) is 6.61 Å². The fraction of sp³-hybridized carbons (Fsp3) is 0.706. The number of fused-ring (bicyclic) bond motifs is 2. The Kier molecular flexibility index (Phi) is 3.98. The van der Waals surface area contributed by atoms with Crippen LogP contribution in [-0.2, 0) is 15.1 Å². The van der Waals surface area contributed by atoms with Gasteiger partial charge in [-0.25, -0.2) is 4.79 Å². The topological polar surface area (TPSA) is 38.8 Å². The van der Waals surface area contributed by atoms with Gasteiger partial charge in [-0.15, -0.1) is 11.3 Å². The van der Waals surface area contributed by atoms with E-state index in [9.17, 15) is 4.79 Å². The molecule has 1 amide bonds. The first-order chi connectivity index (χ1) is 10.3. The minimum Gasteiger partial charge on any atom is -0.444 e. The van der Waals surface area contributed by atoms with Crippen LogP contribution in [0.25, 0.3) is 0 Å². The SMILES string of the molecule is CC1COC2(CCN(C(=O)OC(C)(C)C)CC2)c2sccc21. The van der Waals surface area contributed by atoms with Gasteiger partial charge in [-0.1, -0.05) is 6.92 Å². The van der Waals surface area contributed by atoms with E-state index in [2.05, 4.69) is 18.4 Å². The number of rotatable bonds is 0. The number of nitrogens with zero attached hydrogens (tertiary/aromatic N) is 1. The van der Waals surface area contributed by atoms with E-state index in [4.69, 9.17) is 9.47 Å². The van der Waals surface area contributed by atoms with Crippen LogP contribution in [0.15, 0.2) is 11.4 Å². The summed E-state index contributed by atoms with van der Waals surface area (Å²) in [6.45, 7) is 10.1. The molecule has 0 aliphatic carbocycles. The van der Waals surface area contributed by atoms with Crippen molar-refractivity contribution in [2.24, 2.45) is 0 Å². The summed E-state index contributed by atoms with van der Waals surface area (Å²) < 4.78 is 11.7. The summed E-state index contributed by atoms with van der Waals surface area (Å²) in [7, 11) is 0. The largest absolute Gasteiger partial charge is 0.444 e. The summed E-state index contributed by atoms with van der Waals surface area (Å²) in [5.74, 6) is 0.468. The summed E-state index contributed by atoms with van der Waals surface area (Å²) in [5, 5.41) is 2.16.